The number of nitrogens with one attached hydrogen (secondary N) is 2. The third kappa shape index (κ3) is 7.35. The van der Waals surface area contributed by atoms with Crippen molar-refractivity contribution in [3.05, 3.63) is 35.4 Å². The van der Waals surface area contributed by atoms with E-state index in [2.05, 4.69) is 15.5 Å². The summed E-state index contributed by atoms with van der Waals surface area (Å²) in [6, 6.07) is 7.55. The van der Waals surface area contributed by atoms with Crippen LogP contribution >= 0.6 is 0 Å². The molecule has 0 spiro atoms. The van der Waals surface area contributed by atoms with Gasteiger partial charge in [0.2, 0.25) is 0 Å². The molecule has 0 saturated carbocycles. The molecule has 0 radical (unpaired) electrons. The Morgan fingerprint density at radius 1 is 1.27 bits per heavy atom. The number of carbonyl (C=O) groups excluding carboxylic acids is 2. The third-order valence-corrected chi connectivity index (χ3v) is 4.76. The first-order chi connectivity index (χ1) is 14.2. The van der Waals surface area contributed by atoms with Crippen molar-refractivity contribution in [2.75, 3.05) is 26.2 Å². The first-order valence-corrected chi connectivity index (χ1v) is 10.8. The fraction of sp³-hybridized carbons (Fsp3) is 0.609. The van der Waals surface area contributed by atoms with E-state index < -0.39 is 0 Å². The molecule has 1 aromatic carbocycles. The Hall–Kier alpha value is -2.57. The van der Waals surface area contributed by atoms with E-state index in [0.717, 1.165) is 37.5 Å². The number of rotatable bonds is 6. The van der Waals surface area contributed by atoms with Crippen molar-refractivity contribution >= 4 is 17.8 Å². The molecule has 0 unspecified atom stereocenters. The quantitative estimate of drug-likeness (QED) is 0.423. The highest BCUT2D eigenvalue weighted by Crippen LogP contribution is 2.18. The van der Waals surface area contributed by atoms with Gasteiger partial charge >= 0.3 is 5.97 Å². The summed E-state index contributed by atoms with van der Waals surface area (Å²) in [5, 5.41) is 6.31. The molecule has 0 aromatic heterocycles. The van der Waals surface area contributed by atoms with Crippen LogP contribution in [-0.4, -0.2) is 54.5 Å². The lowest BCUT2D eigenvalue weighted by molar-refractivity contribution is -0.149. The highest BCUT2D eigenvalue weighted by Gasteiger charge is 2.28. The Morgan fingerprint density at radius 2 is 2.03 bits per heavy atom. The maximum Gasteiger partial charge on any atom is 0.310 e. The smallest absolute Gasteiger partial charge is 0.310 e. The van der Waals surface area contributed by atoms with Gasteiger partial charge in [0, 0.05) is 30.7 Å². The summed E-state index contributed by atoms with van der Waals surface area (Å²) in [6.07, 6.45) is 1.77. The molecular weight excluding hydrogens is 380 g/mol. The molecule has 0 bridgehead atoms. The second-order valence-corrected chi connectivity index (χ2v) is 8.61. The molecule has 2 N–H and O–H groups in total. The van der Waals surface area contributed by atoms with Crippen LogP contribution in [0.4, 0.5) is 0 Å². The maximum atomic E-state index is 12.4. The minimum Gasteiger partial charge on any atom is -0.466 e. The molecule has 2 rings (SSSR count). The number of esters is 1. The fourth-order valence-corrected chi connectivity index (χ4v) is 3.44. The van der Waals surface area contributed by atoms with Gasteiger partial charge < -0.3 is 20.3 Å². The summed E-state index contributed by atoms with van der Waals surface area (Å²) in [6.45, 7) is 12.8. The Kier molecular flexibility index (Phi) is 8.69. The highest BCUT2D eigenvalue weighted by molar-refractivity contribution is 5.94. The number of hydrogen-bond acceptors (Lipinski definition) is 4. The van der Waals surface area contributed by atoms with Gasteiger partial charge in [-0.2, -0.15) is 0 Å². The first kappa shape index (κ1) is 23.7. The predicted molar refractivity (Wildman–Crippen MR) is 119 cm³/mol. The van der Waals surface area contributed by atoms with Gasteiger partial charge in [-0.25, -0.2) is 4.99 Å². The topological polar surface area (TPSA) is 83.0 Å². The lowest BCUT2D eigenvalue weighted by Gasteiger charge is -2.34. The van der Waals surface area contributed by atoms with E-state index in [1.807, 2.05) is 58.9 Å². The van der Waals surface area contributed by atoms with E-state index in [4.69, 9.17) is 9.73 Å². The number of benzene rings is 1. The summed E-state index contributed by atoms with van der Waals surface area (Å²) in [5.41, 5.74) is 1.31. The molecule has 7 nitrogen and oxygen atoms in total. The molecule has 1 aliphatic heterocycles. The molecule has 1 aromatic rings. The average molecular weight is 417 g/mol. The Morgan fingerprint density at radius 3 is 2.70 bits per heavy atom. The van der Waals surface area contributed by atoms with Crippen molar-refractivity contribution in [2.45, 2.75) is 59.5 Å². The van der Waals surface area contributed by atoms with Crippen LogP contribution in [0.15, 0.2) is 29.3 Å². The van der Waals surface area contributed by atoms with Crippen LogP contribution in [0.2, 0.25) is 0 Å². The van der Waals surface area contributed by atoms with Gasteiger partial charge in [0.1, 0.15) is 0 Å². The normalized spacial score (nSPS) is 17.4. The van der Waals surface area contributed by atoms with E-state index in [1.165, 1.54) is 0 Å². The van der Waals surface area contributed by atoms with Crippen LogP contribution in [0.3, 0.4) is 0 Å². The van der Waals surface area contributed by atoms with Crippen LogP contribution in [0.1, 0.15) is 63.4 Å². The lowest BCUT2D eigenvalue weighted by Crippen LogP contribution is -2.48. The SMILES string of the molecule is CCNC(=NCc1cccc(C(=O)NC(C)(C)C)c1)N1CCC[C@H](C(=O)OCC)C1. The van der Waals surface area contributed by atoms with Crippen LogP contribution < -0.4 is 10.6 Å². The molecule has 0 aliphatic carbocycles. The minimum absolute atomic E-state index is 0.0893. The average Bonchev–Trinajstić information content (AvgIpc) is 2.70. The summed E-state index contributed by atoms with van der Waals surface area (Å²) < 4.78 is 5.20. The van der Waals surface area contributed by atoms with Crippen molar-refractivity contribution in [2.24, 2.45) is 10.9 Å². The molecule has 1 saturated heterocycles. The summed E-state index contributed by atoms with van der Waals surface area (Å²) in [7, 11) is 0. The van der Waals surface area contributed by atoms with Crippen molar-refractivity contribution < 1.29 is 14.3 Å². The van der Waals surface area contributed by atoms with Crippen molar-refractivity contribution in [1.82, 2.24) is 15.5 Å². The molecule has 30 heavy (non-hydrogen) atoms. The van der Waals surface area contributed by atoms with E-state index in [0.29, 0.717) is 25.3 Å². The second-order valence-electron chi connectivity index (χ2n) is 8.61. The van der Waals surface area contributed by atoms with Gasteiger partial charge in [0.05, 0.1) is 19.1 Å². The number of aliphatic imine (C=N–C) groups is 1. The minimum atomic E-state index is -0.285. The van der Waals surface area contributed by atoms with Crippen LogP contribution in [0.25, 0.3) is 0 Å². The van der Waals surface area contributed by atoms with Gasteiger partial charge in [-0.1, -0.05) is 12.1 Å². The van der Waals surface area contributed by atoms with Gasteiger partial charge in [-0.05, 0) is 65.2 Å². The summed E-state index contributed by atoms with van der Waals surface area (Å²) in [4.78, 5) is 31.5. The number of likely N-dealkylation sites (tertiary alicyclic amines) is 1. The number of piperidine rings is 1. The maximum absolute atomic E-state index is 12.4. The van der Waals surface area contributed by atoms with Gasteiger partial charge in [-0.3, -0.25) is 9.59 Å². The molecule has 166 valence electrons. The van der Waals surface area contributed by atoms with Gasteiger partial charge in [0.15, 0.2) is 5.96 Å². The van der Waals surface area contributed by atoms with Gasteiger partial charge in [-0.15, -0.1) is 0 Å². The zero-order valence-electron chi connectivity index (χ0n) is 19.0. The number of hydrogen-bond donors (Lipinski definition) is 2. The van der Waals surface area contributed by atoms with Crippen molar-refractivity contribution in [3.63, 3.8) is 0 Å². The Bertz CT molecular complexity index is 755. The van der Waals surface area contributed by atoms with E-state index in [9.17, 15) is 9.59 Å². The van der Waals surface area contributed by atoms with E-state index in [-0.39, 0.29) is 23.3 Å². The zero-order chi connectivity index (χ0) is 22.1. The second kappa shape index (κ2) is 11.0. The molecule has 7 heteroatoms. The van der Waals surface area contributed by atoms with Gasteiger partial charge in [0.25, 0.3) is 5.91 Å². The largest absolute Gasteiger partial charge is 0.466 e. The van der Waals surface area contributed by atoms with Crippen LogP contribution in [0.5, 0.6) is 0 Å². The summed E-state index contributed by atoms with van der Waals surface area (Å²) >= 11 is 0. The van der Waals surface area contributed by atoms with Crippen molar-refractivity contribution in [1.29, 1.82) is 0 Å². The predicted octanol–water partition coefficient (Wildman–Crippen LogP) is 2.96. The highest BCUT2D eigenvalue weighted by atomic mass is 16.5. The number of carbonyl (C=O) groups is 2. The molecule has 1 atom stereocenters. The number of ether oxygens (including phenoxy) is 1. The molecule has 1 fully saturated rings. The van der Waals surface area contributed by atoms with E-state index >= 15 is 0 Å². The summed E-state index contributed by atoms with van der Waals surface area (Å²) in [5.74, 6) is 0.451. The Labute approximate surface area is 180 Å². The molecule has 1 heterocycles. The van der Waals surface area contributed by atoms with Crippen molar-refractivity contribution in [3.8, 4) is 0 Å². The van der Waals surface area contributed by atoms with E-state index in [1.54, 1.807) is 0 Å². The number of amides is 1. The monoisotopic (exact) mass is 416 g/mol. The third-order valence-electron chi connectivity index (χ3n) is 4.76. The molecule has 1 amide bonds. The van der Waals surface area contributed by atoms with Crippen LogP contribution in [0, 0.1) is 5.92 Å². The molecular formula is C23H36N4O3. The van der Waals surface area contributed by atoms with Crippen LogP contribution in [-0.2, 0) is 16.1 Å². The Balaban J connectivity index is 2.10. The first-order valence-electron chi connectivity index (χ1n) is 10.8. The zero-order valence-corrected chi connectivity index (χ0v) is 19.0. The number of guanidine groups is 1. The standard InChI is InChI=1S/C23H36N4O3/c1-6-24-22(27-13-9-12-19(16-27)21(29)30-7-2)25-15-17-10-8-11-18(14-17)20(28)26-23(3,4)5/h8,10-11,14,19H,6-7,9,12-13,15-16H2,1-5H3,(H,24,25)(H,26,28)/t19-/m0/s1. The molecule has 1 aliphatic rings. The lowest BCUT2D eigenvalue weighted by atomic mass is 9.98. The number of nitrogens with zero attached hydrogens (tertiary/aromatic N) is 2. The fourth-order valence-electron chi connectivity index (χ4n) is 3.44.